The Morgan fingerprint density at radius 2 is 1.95 bits per heavy atom. The number of nitrogens with one attached hydrogen (secondary N) is 1. The van der Waals surface area contributed by atoms with Gasteiger partial charge in [0.1, 0.15) is 5.82 Å². The third-order valence-electron chi connectivity index (χ3n) is 4.09. The molecule has 1 heterocycles. The number of aromatic nitrogens is 2. The van der Waals surface area contributed by atoms with Crippen LogP contribution in [0.25, 0.3) is 0 Å². The van der Waals surface area contributed by atoms with Gasteiger partial charge in [0.05, 0.1) is 12.2 Å². The van der Waals surface area contributed by atoms with Gasteiger partial charge < -0.3 is 5.32 Å². The third-order valence-corrected chi connectivity index (χ3v) is 4.09. The molecule has 2 aromatic rings. The lowest BCUT2D eigenvalue weighted by Crippen LogP contribution is -2.17. The lowest BCUT2D eigenvalue weighted by atomic mass is 10.1. The number of carbonyl (C=O) groups excluding carboxylic acids is 1. The Morgan fingerprint density at radius 1 is 1.19 bits per heavy atom. The molecule has 0 atom stereocenters. The standard InChI is InChI=1S/C17H21N3O/c21-17(11-10-14-6-2-1-3-7-14)19-16-12-13-18-20(16)15-8-4-5-9-15/h1-3,6-7,12-13,15H,4-5,8-11H2,(H,19,21). The van der Waals surface area contributed by atoms with Crippen LogP contribution in [0, 0.1) is 0 Å². The van der Waals surface area contributed by atoms with Gasteiger partial charge in [0.15, 0.2) is 0 Å². The summed E-state index contributed by atoms with van der Waals surface area (Å²) < 4.78 is 1.98. The van der Waals surface area contributed by atoms with Gasteiger partial charge >= 0.3 is 0 Å². The highest BCUT2D eigenvalue weighted by Crippen LogP contribution is 2.31. The topological polar surface area (TPSA) is 46.9 Å². The number of rotatable bonds is 5. The zero-order valence-electron chi connectivity index (χ0n) is 12.2. The van der Waals surface area contributed by atoms with Crippen LogP contribution < -0.4 is 5.32 Å². The molecule has 1 amide bonds. The predicted octanol–water partition coefficient (Wildman–Crippen LogP) is 3.57. The summed E-state index contributed by atoms with van der Waals surface area (Å²) in [6.45, 7) is 0. The van der Waals surface area contributed by atoms with Crippen molar-refractivity contribution in [1.82, 2.24) is 9.78 Å². The first-order valence-corrected chi connectivity index (χ1v) is 7.70. The van der Waals surface area contributed by atoms with Crippen molar-refractivity contribution < 1.29 is 4.79 Å². The third kappa shape index (κ3) is 3.51. The highest BCUT2D eigenvalue weighted by molar-refractivity contribution is 5.89. The van der Waals surface area contributed by atoms with Crippen LogP contribution in [0.15, 0.2) is 42.6 Å². The summed E-state index contributed by atoms with van der Waals surface area (Å²) >= 11 is 0. The van der Waals surface area contributed by atoms with Crippen molar-refractivity contribution in [2.45, 2.75) is 44.6 Å². The number of hydrogen-bond donors (Lipinski definition) is 1. The van der Waals surface area contributed by atoms with Crippen molar-refractivity contribution in [2.24, 2.45) is 0 Å². The van der Waals surface area contributed by atoms with Crippen LogP contribution in [0.5, 0.6) is 0 Å². The van der Waals surface area contributed by atoms with Gasteiger partial charge in [-0.2, -0.15) is 5.10 Å². The minimum atomic E-state index is 0.0543. The molecule has 3 rings (SSSR count). The molecular formula is C17H21N3O. The van der Waals surface area contributed by atoms with Crippen molar-refractivity contribution >= 4 is 11.7 Å². The molecule has 0 spiro atoms. The molecule has 0 saturated heterocycles. The summed E-state index contributed by atoms with van der Waals surface area (Å²) in [4.78, 5) is 12.1. The lowest BCUT2D eigenvalue weighted by Gasteiger charge is -2.14. The molecule has 4 nitrogen and oxygen atoms in total. The van der Waals surface area contributed by atoms with Gasteiger partial charge in [-0.15, -0.1) is 0 Å². The second kappa shape index (κ2) is 6.57. The molecule has 1 aliphatic rings. The van der Waals surface area contributed by atoms with E-state index in [0.29, 0.717) is 12.5 Å². The maximum atomic E-state index is 12.1. The Labute approximate surface area is 125 Å². The molecule has 21 heavy (non-hydrogen) atoms. The molecule has 1 N–H and O–H groups in total. The Morgan fingerprint density at radius 3 is 2.71 bits per heavy atom. The number of benzene rings is 1. The fourth-order valence-corrected chi connectivity index (χ4v) is 2.96. The number of carbonyl (C=O) groups is 1. The second-order valence-electron chi connectivity index (χ2n) is 5.63. The smallest absolute Gasteiger partial charge is 0.225 e. The summed E-state index contributed by atoms with van der Waals surface area (Å²) in [7, 11) is 0. The van der Waals surface area contributed by atoms with E-state index in [1.807, 2.05) is 28.9 Å². The minimum absolute atomic E-state index is 0.0543. The maximum Gasteiger partial charge on any atom is 0.225 e. The van der Waals surface area contributed by atoms with Gasteiger partial charge in [-0.05, 0) is 24.8 Å². The lowest BCUT2D eigenvalue weighted by molar-refractivity contribution is -0.116. The van der Waals surface area contributed by atoms with Gasteiger partial charge in [0.25, 0.3) is 0 Å². The van der Waals surface area contributed by atoms with Crippen molar-refractivity contribution in [3.05, 3.63) is 48.2 Å². The Hall–Kier alpha value is -2.10. The van der Waals surface area contributed by atoms with Crippen LogP contribution in [-0.4, -0.2) is 15.7 Å². The molecule has 0 aliphatic heterocycles. The summed E-state index contributed by atoms with van der Waals surface area (Å²) in [6.07, 6.45) is 7.87. The quantitative estimate of drug-likeness (QED) is 0.912. The van der Waals surface area contributed by atoms with Gasteiger partial charge in [-0.3, -0.25) is 4.79 Å². The fourth-order valence-electron chi connectivity index (χ4n) is 2.96. The molecule has 0 unspecified atom stereocenters. The van der Waals surface area contributed by atoms with Crippen LogP contribution in [-0.2, 0) is 11.2 Å². The van der Waals surface area contributed by atoms with Gasteiger partial charge in [0.2, 0.25) is 5.91 Å². The second-order valence-corrected chi connectivity index (χ2v) is 5.63. The van der Waals surface area contributed by atoms with Crippen molar-refractivity contribution in [1.29, 1.82) is 0 Å². The average Bonchev–Trinajstić information content (AvgIpc) is 3.17. The van der Waals surface area contributed by atoms with E-state index < -0.39 is 0 Å². The largest absolute Gasteiger partial charge is 0.311 e. The number of aryl methyl sites for hydroxylation is 1. The van der Waals surface area contributed by atoms with E-state index in [1.165, 1.54) is 18.4 Å². The zero-order chi connectivity index (χ0) is 14.5. The number of amides is 1. The molecule has 1 aliphatic carbocycles. The molecular weight excluding hydrogens is 262 g/mol. The highest BCUT2D eigenvalue weighted by atomic mass is 16.1. The highest BCUT2D eigenvalue weighted by Gasteiger charge is 2.20. The van der Waals surface area contributed by atoms with Gasteiger partial charge in [-0.25, -0.2) is 4.68 Å². The maximum absolute atomic E-state index is 12.1. The van der Waals surface area contributed by atoms with Crippen LogP contribution in [0.3, 0.4) is 0 Å². The fraction of sp³-hybridized carbons (Fsp3) is 0.412. The summed E-state index contributed by atoms with van der Waals surface area (Å²) in [5.41, 5.74) is 1.19. The summed E-state index contributed by atoms with van der Waals surface area (Å²) in [6, 6.07) is 12.4. The minimum Gasteiger partial charge on any atom is -0.311 e. The number of anilines is 1. The van der Waals surface area contributed by atoms with Crippen molar-refractivity contribution in [3.8, 4) is 0 Å². The van der Waals surface area contributed by atoms with Crippen LogP contribution in [0.4, 0.5) is 5.82 Å². The average molecular weight is 283 g/mol. The predicted molar refractivity (Wildman–Crippen MR) is 83.1 cm³/mol. The van der Waals surface area contributed by atoms with Gasteiger partial charge in [0, 0.05) is 12.5 Å². The van der Waals surface area contributed by atoms with E-state index in [-0.39, 0.29) is 5.91 Å². The Balaban J connectivity index is 1.56. The van der Waals surface area contributed by atoms with Gasteiger partial charge in [-0.1, -0.05) is 43.2 Å². The first-order valence-electron chi connectivity index (χ1n) is 7.70. The monoisotopic (exact) mass is 283 g/mol. The molecule has 1 fully saturated rings. The molecule has 1 saturated carbocycles. The van der Waals surface area contributed by atoms with E-state index in [9.17, 15) is 4.79 Å². The SMILES string of the molecule is O=C(CCc1ccccc1)Nc1ccnn1C1CCCC1. The Bertz CT molecular complexity index is 585. The summed E-state index contributed by atoms with van der Waals surface area (Å²) in [5.74, 6) is 0.888. The van der Waals surface area contributed by atoms with Crippen LogP contribution in [0.1, 0.15) is 43.7 Å². The van der Waals surface area contributed by atoms with E-state index >= 15 is 0 Å². The van der Waals surface area contributed by atoms with Crippen LogP contribution in [0.2, 0.25) is 0 Å². The molecule has 0 bridgehead atoms. The molecule has 1 aromatic heterocycles. The first kappa shape index (κ1) is 13.9. The molecule has 0 radical (unpaired) electrons. The number of hydrogen-bond acceptors (Lipinski definition) is 2. The normalized spacial score (nSPS) is 15.2. The van der Waals surface area contributed by atoms with Crippen LogP contribution >= 0.6 is 0 Å². The van der Waals surface area contributed by atoms with Crippen molar-refractivity contribution in [2.75, 3.05) is 5.32 Å². The molecule has 110 valence electrons. The number of nitrogens with zero attached hydrogens (tertiary/aromatic N) is 2. The Kier molecular flexibility index (Phi) is 4.34. The van der Waals surface area contributed by atoms with E-state index in [0.717, 1.165) is 25.1 Å². The first-order chi connectivity index (χ1) is 10.3. The van der Waals surface area contributed by atoms with E-state index in [2.05, 4.69) is 22.5 Å². The summed E-state index contributed by atoms with van der Waals surface area (Å²) in [5, 5.41) is 7.37. The molecule has 1 aromatic carbocycles. The zero-order valence-corrected chi connectivity index (χ0v) is 12.2. The van der Waals surface area contributed by atoms with E-state index in [4.69, 9.17) is 0 Å². The van der Waals surface area contributed by atoms with Crippen molar-refractivity contribution in [3.63, 3.8) is 0 Å². The molecule has 4 heteroatoms. The van der Waals surface area contributed by atoms with E-state index in [1.54, 1.807) is 6.20 Å².